The number of imidazole rings is 1. The summed E-state index contributed by atoms with van der Waals surface area (Å²) in [5.41, 5.74) is 1.59. The first-order chi connectivity index (χ1) is 10.7. The monoisotopic (exact) mass is 317 g/mol. The molecule has 0 saturated carbocycles. The summed E-state index contributed by atoms with van der Waals surface area (Å²) in [6, 6.07) is 7.52. The van der Waals surface area contributed by atoms with E-state index in [0.717, 1.165) is 16.3 Å². The number of ether oxygens (including phenoxy) is 2. The number of methoxy groups -OCH3 is 1. The molecule has 22 heavy (non-hydrogen) atoms. The number of fused-ring (bicyclic) bond motifs is 1. The standard InChI is InChI=1S/C15H15N3O3S/c1-3-21-15(19)17-13-12(16-14-18(13)8-9-22-14)10-4-6-11(20-2)7-5-10/h4-9H,3H2,1-2H3,(H,17,19). The van der Waals surface area contributed by atoms with Crippen molar-refractivity contribution in [3.8, 4) is 17.0 Å². The van der Waals surface area contributed by atoms with Gasteiger partial charge in [-0.1, -0.05) is 0 Å². The predicted octanol–water partition coefficient (Wildman–Crippen LogP) is 3.64. The second-order valence-electron chi connectivity index (χ2n) is 4.44. The van der Waals surface area contributed by atoms with Gasteiger partial charge in [0.25, 0.3) is 0 Å². The van der Waals surface area contributed by atoms with Crippen molar-refractivity contribution in [3.05, 3.63) is 35.8 Å². The van der Waals surface area contributed by atoms with Crippen molar-refractivity contribution in [1.82, 2.24) is 9.38 Å². The van der Waals surface area contributed by atoms with Gasteiger partial charge in [-0.3, -0.25) is 9.72 Å². The summed E-state index contributed by atoms with van der Waals surface area (Å²) in [5, 5.41) is 4.68. The Hall–Kier alpha value is -2.54. The van der Waals surface area contributed by atoms with Crippen LogP contribution in [0.3, 0.4) is 0 Å². The highest BCUT2D eigenvalue weighted by Crippen LogP contribution is 2.31. The maximum absolute atomic E-state index is 11.8. The molecule has 0 aliphatic carbocycles. The predicted molar refractivity (Wildman–Crippen MR) is 85.7 cm³/mol. The second kappa shape index (κ2) is 6.07. The molecule has 0 saturated heterocycles. The van der Waals surface area contributed by atoms with Gasteiger partial charge < -0.3 is 9.47 Å². The molecule has 6 nitrogen and oxygen atoms in total. The Labute approximate surface area is 131 Å². The number of carbonyl (C=O) groups excluding carboxylic acids is 1. The highest BCUT2D eigenvalue weighted by Gasteiger charge is 2.17. The lowest BCUT2D eigenvalue weighted by molar-refractivity contribution is 0.168. The Balaban J connectivity index is 2.03. The fraction of sp³-hybridized carbons (Fsp3) is 0.200. The molecule has 2 aromatic heterocycles. The van der Waals surface area contributed by atoms with Crippen LogP contribution in [0.4, 0.5) is 10.6 Å². The largest absolute Gasteiger partial charge is 0.497 e. The van der Waals surface area contributed by atoms with Gasteiger partial charge in [0.2, 0.25) is 0 Å². The molecule has 0 atom stereocenters. The van der Waals surface area contributed by atoms with Gasteiger partial charge in [0.05, 0.1) is 13.7 Å². The van der Waals surface area contributed by atoms with E-state index < -0.39 is 6.09 Å². The molecule has 3 rings (SSSR count). The lowest BCUT2D eigenvalue weighted by atomic mass is 10.1. The van der Waals surface area contributed by atoms with Crippen molar-refractivity contribution in [2.24, 2.45) is 0 Å². The van der Waals surface area contributed by atoms with E-state index in [9.17, 15) is 4.79 Å². The third kappa shape index (κ3) is 2.62. The first-order valence-electron chi connectivity index (χ1n) is 6.76. The number of thiazole rings is 1. The van der Waals surface area contributed by atoms with Gasteiger partial charge in [0.1, 0.15) is 17.3 Å². The van der Waals surface area contributed by atoms with Gasteiger partial charge in [-0.25, -0.2) is 9.78 Å². The Morgan fingerprint density at radius 3 is 2.82 bits per heavy atom. The van der Waals surface area contributed by atoms with E-state index in [4.69, 9.17) is 9.47 Å². The first kappa shape index (κ1) is 14.4. The van der Waals surface area contributed by atoms with E-state index in [1.807, 2.05) is 40.2 Å². The van der Waals surface area contributed by atoms with Crippen LogP contribution in [0.2, 0.25) is 0 Å². The second-order valence-corrected chi connectivity index (χ2v) is 5.31. The smallest absolute Gasteiger partial charge is 0.412 e. The van der Waals surface area contributed by atoms with E-state index in [-0.39, 0.29) is 0 Å². The van der Waals surface area contributed by atoms with E-state index in [0.29, 0.717) is 18.1 Å². The van der Waals surface area contributed by atoms with Crippen molar-refractivity contribution >= 4 is 28.2 Å². The Morgan fingerprint density at radius 1 is 1.36 bits per heavy atom. The highest BCUT2D eigenvalue weighted by atomic mass is 32.1. The molecule has 0 aliphatic rings. The number of anilines is 1. The van der Waals surface area contributed by atoms with Crippen LogP contribution in [0.1, 0.15) is 6.92 Å². The molecule has 0 spiro atoms. The topological polar surface area (TPSA) is 64.9 Å². The molecule has 114 valence electrons. The molecule has 0 aliphatic heterocycles. The van der Waals surface area contributed by atoms with Crippen molar-refractivity contribution in [1.29, 1.82) is 0 Å². The molecule has 0 radical (unpaired) electrons. The fourth-order valence-electron chi connectivity index (χ4n) is 2.12. The van der Waals surface area contributed by atoms with Crippen LogP contribution in [0.5, 0.6) is 5.75 Å². The number of carbonyl (C=O) groups is 1. The van der Waals surface area contributed by atoms with E-state index in [1.165, 1.54) is 11.3 Å². The first-order valence-corrected chi connectivity index (χ1v) is 7.64. The van der Waals surface area contributed by atoms with E-state index >= 15 is 0 Å². The number of benzene rings is 1. The quantitative estimate of drug-likeness (QED) is 0.798. The number of nitrogens with zero attached hydrogens (tertiary/aromatic N) is 2. The van der Waals surface area contributed by atoms with Crippen LogP contribution >= 0.6 is 11.3 Å². The number of rotatable bonds is 4. The zero-order valence-electron chi connectivity index (χ0n) is 12.2. The molecular formula is C15H15N3O3S. The summed E-state index contributed by atoms with van der Waals surface area (Å²) < 4.78 is 12.0. The summed E-state index contributed by atoms with van der Waals surface area (Å²) in [4.78, 5) is 17.2. The molecule has 7 heteroatoms. The van der Waals surface area contributed by atoms with Gasteiger partial charge in [-0.2, -0.15) is 0 Å². The zero-order valence-corrected chi connectivity index (χ0v) is 13.0. The number of hydrogen-bond acceptors (Lipinski definition) is 5. The van der Waals surface area contributed by atoms with Gasteiger partial charge in [-0.15, -0.1) is 11.3 Å². The maximum Gasteiger partial charge on any atom is 0.412 e. The molecule has 0 bridgehead atoms. The number of hydrogen-bond donors (Lipinski definition) is 1. The minimum absolute atomic E-state index is 0.315. The third-order valence-corrected chi connectivity index (χ3v) is 3.88. The summed E-state index contributed by atoms with van der Waals surface area (Å²) in [6.07, 6.45) is 1.37. The zero-order chi connectivity index (χ0) is 15.5. The molecular weight excluding hydrogens is 302 g/mol. The number of amides is 1. The van der Waals surface area contributed by atoms with Crippen molar-refractivity contribution in [2.75, 3.05) is 19.0 Å². The van der Waals surface area contributed by atoms with Gasteiger partial charge in [-0.05, 0) is 31.2 Å². The van der Waals surface area contributed by atoms with Crippen molar-refractivity contribution in [2.45, 2.75) is 6.92 Å². The van der Waals surface area contributed by atoms with Crippen LogP contribution in [0, 0.1) is 0 Å². The van der Waals surface area contributed by atoms with Crippen LogP contribution in [-0.4, -0.2) is 29.2 Å². The van der Waals surface area contributed by atoms with Crippen molar-refractivity contribution < 1.29 is 14.3 Å². The fourth-order valence-corrected chi connectivity index (χ4v) is 2.83. The molecule has 2 heterocycles. The molecule has 1 N–H and O–H groups in total. The lowest BCUT2D eigenvalue weighted by Gasteiger charge is -2.07. The normalized spacial score (nSPS) is 10.6. The average Bonchev–Trinajstić information content (AvgIpc) is 3.10. The Bertz CT molecular complexity index is 792. The molecule has 0 fully saturated rings. The van der Waals surface area contributed by atoms with E-state index in [2.05, 4.69) is 10.3 Å². The van der Waals surface area contributed by atoms with Crippen LogP contribution in [-0.2, 0) is 4.74 Å². The number of nitrogens with one attached hydrogen (secondary N) is 1. The summed E-state index contributed by atoms with van der Waals surface area (Å²) in [6.45, 7) is 2.08. The van der Waals surface area contributed by atoms with Crippen LogP contribution in [0.15, 0.2) is 35.8 Å². The summed E-state index contributed by atoms with van der Waals surface area (Å²) >= 11 is 1.50. The van der Waals surface area contributed by atoms with E-state index in [1.54, 1.807) is 14.0 Å². The average molecular weight is 317 g/mol. The van der Waals surface area contributed by atoms with Gasteiger partial charge >= 0.3 is 6.09 Å². The van der Waals surface area contributed by atoms with Crippen LogP contribution < -0.4 is 10.1 Å². The Morgan fingerprint density at radius 2 is 2.14 bits per heavy atom. The lowest BCUT2D eigenvalue weighted by Crippen LogP contribution is -2.15. The van der Waals surface area contributed by atoms with Gasteiger partial charge in [0.15, 0.2) is 4.96 Å². The third-order valence-electron chi connectivity index (χ3n) is 3.12. The SMILES string of the molecule is CCOC(=O)Nc1c(-c2ccc(OC)cc2)nc2sccn12. The maximum atomic E-state index is 11.8. The molecule has 0 unspecified atom stereocenters. The minimum Gasteiger partial charge on any atom is -0.497 e. The van der Waals surface area contributed by atoms with Crippen molar-refractivity contribution in [3.63, 3.8) is 0 Å². The summed E-state index contributed by atoms with van der Waals surface area (Å²) in [5.74, 6) is 1.37. The molecule has 1 amide bonds. The van der Waals surface area contributed by atoms with Gasteiger partial charge in [0, 0.05) is 17.1 Å². The Kier molecular flexibility index (Phi) is 3.97. The summed E-state index contributed by atoms with van der Waals surface area (Å²) in [7, 11) is 1.62. The minimum atomic E-state index is -0.495. The molecule has 1 aromatic carbocycles. The van der Waals surface area contributed by atoms with Crippen LogP contribution in [0.25, 0.3) is 16.2 Å². The number of aromatic nitrogens is 2. The molecule has 3 aromatic rings. The highest BCUT2D eigenvalue weighted by molar-refractivity contribution is 7.15.